The van der Waals surface area contributed by atoms with Crippen molar-refractivity contribution in [1.82, 2.24) is 0 Å². The van der Waals surface area contributed by atoms with Gasteiger partial charge in [0.25, 0.3) is 11.6 Å². The van der Waals surface area contributed by atoms with E-state index in [9.17, 15) is 19.7 Å². The first kappa shape index (κ1) is 21.7. The van der Waals surface area contributed by atoms with E-state index in [0.29, 0.717) is 5.75 Å². The second-order valence-corrected chi connectivity index (χ2v) is 6.27. The number of amides is 1. The number of para-hydroxylation sites is 1. The summed E-state index contributed by atoms with van der Waals surface area (Å²) in [7, 11) is 1.32. The predicted octanol–water partition coefficient (Wildman–Crippen LogP) is 3.17. The van der Waals surface area contributed by atoms with E-state index in [4.69, 9.17) is 14.2 Å². The van der Waals surface area contributed by atoms with Crippen molar-refractivity contribution in [2.24, 2.45) is 0 Å². The zero-order valence-electron chi connectivity index (χ0n) is 16.6. The number of nitrogens with zero attached hydrogens (tertiary/aromatic N) is 1. The maximum absolute atomic E-state index is 12.3. The summed E-state index contributed by atoms with van der Waals surface area (Å²) in [5.74, 6) is -0.606. The van der Waals surface area contributed by atoms with Gasteiger partial charge in [0.15, 0.2) is 12.7 Å². The molecule has 0 radical (unpaired) electrons. The number of carbonyl (C=O) groups is 2. The number of non-ortho nitro benzene ring substituents is 1. The van der Waals surface area contributed by atoms with E-state index in [1.807, 2.05) is 32.0 Å². The average Bonchev–Trinajstić information content (AvgIpc) is 2.67. The van der Waals surface area contributed by atoms with Crippen molar-refractivity contribution < 1.29 is 28.7 Å². The van der Waals surface area contributed by atoms with Crippen LogP contribution in [0.1, 0.15) is 18.1 Å². The number of nitro benzene ring substituents is 1. The second-order valence-electron chi connectivity index (χ2n) is 6.27. The lowest BCUT2D eigenvalue weighted by Crippen LogP contribution is -2.31. The third kappa shape index (κ3) is 5.68. The molecule has 0 bridgehead atoms. The molecule has 1 N–H and O–H groups in total. The quantitative estimate of drug-likeness (QED) is 0.409. The van der Waals surface area contributed by atoms with E-state index in [0.717, 1.165) is 11.1 Å². The summed E-state index contributed by atoms with van der Waals surface area (Å²) in [6, 6.07) is 9.36. The Hall–Kier alpha value is -3.62. The van der Waals surface area contributed by atoms with E-state index < -0.39 is 22.9 Å². The van der Waals surface area contributed by atoms with Crippen LogP contribution in [0.3, 0.4) is 0 Å². The fraction of sp³-hybridized carbons (Fsp3) is 0.300. The number of aryl methyl sites for hydroxylation is 2. The molecule has 9 heteroatoms. The van der Waals surface area contributed by atoms with E-state index in [1.54, 1.807) is 0 Å². The maximum atomic E-state index is 12.3. The number of benzene rings is 2. The van der Waals surface area contributed by atoms with Crippen molar-refractivity contribution >= 4 is 23.3 Å². The summed E-state index contributed by atoms with van der Waals surface area (Å²) in [6.07, 6.45) is -1.11. The number of nitrogens with one attached hydrogen (secondary N) is 1. The predicted molar refractivity (Wildman–Crippen MR) is 105 cm³/mol. The number of ether oxygens (including phenoxy) is 3. The molecular formula is C20H22N2O7. The summed E-state index contributed by atoms with van der Waals surface area (Å²) in [6.45, 7) is 4.79. The minimum atomic E-state index is -1.11. The van der Waals surface area contributed by atoms with Gasteiger partial charge < -0.3 is 19.5 Å². The molecule has 0 fully saturated rings. The van der Waals surface area contributed by atoms with Gasteiger partial charge in [-0.3, -0.25) is 14.9 Å². The lowest BCUT2D eigenvalue weighted by molar-refractivity contribution is -0.384. The number of esters is 1. The summed E-state index contributed by atoms with van der Waals surface area (Å²) in [5, 5.41) is 13.4. The summed E-state index contributed by atoms with van der Waals surface area (Å²) >= 11 is 0. The number of rotatable bonds is 8. The molecule has 0 aromatic heterocycles. The standard InChI is InChI=1S/C20H22N2O7/c1-12-6-5-7-13(2)19(12)28-11-18(23)29-14(3)20(24)21-16-9-8-15(22(25)26)10-17(16)27-4/h5-10,14H,11H2,1-4H3,(H,21,24)/t14-/m0/s1. The van der Waals surface area contributed by atoms with E-state index in [1.165, 1.54) is 32.2 Å². The van der Waals surface area contributed by atoms with Crippen LogP contribution >= 0.6 is 0 Å². The molecule has 0 aliphatic carbocycles. The molecule has 9 nitrogen and oxygen atoms in total. The molecule has 0 aliphatic rings. The Bertz CT molecular complexity index is 907. The number of nitro groups is 1. The number of methoxy groups -OCH3 is 1. The molecule has 0 aliphatic heterocycles. The van der Waals surface area contributed by atoms with Crippen LogP contribution in [-0.2, 0) is 14.3 Å². The van der Waals surface area contributed by atoms with Gasteiger partial charge >= 0.3 is 5.97 Å². The lowest BCUT2D eigenvalue weighted by Gasteiger charge is -2.16. The highest BCUT2D eigenvalue weighted by atomic mass is 16.6. The van der Waals surface area contributed by atoms with Crippen LogP contribution in [-0.4, -0.2) is 36.6 Å². The Kier molecular flexibility index (Phi) is 7.13. The van der Waals surface area contributed by atoms with Gasteiger partial charge in [-0.05, 0) is 38.0 Å². The highest BCUT2D eigenvalue weighted by Crippen LogP contribution is 2.29. The summed E-state index contributed by atoms with van der Waals surface area (Å²) in [5.41, 5.74) is 1.81. The fourth-order valence-electron chi connectivity index (χ4n) is 2.57. The van der Waals surface area contributed by atoms with Gasteiger partial charge in [0.1, 0.15) is 11.5 Å². The largest absolute Gasteiger partial charge is 0.494 e. The van der Waals surface area contributed by atoms with Crippen LogP contribution in [0.2, 0.25) is 0 Å². The minimum absolute atomic E-state index is 0.115. The van der Waals surface area contributed by atoms with Gasteiger partial charge in [0.2, 0.25) is 0 Å². The lowest BCUT2D eigenvalue weighted by atomic mass is 10.1. The summed E-state index contributed by atoms with van der Waals surface area (Å²) in [4.78, 5) is 34.6. The average molecular weight is 402 g/mol. The van der Waals surface area contributed by atoms with Crippen molar-refractivity contribution in [1.29, 1.82) is 0 Å². The fourth-order valence-corrected chi connectivity index (χ4v) is 2.57. The Morgan fingerprint density at radius 1 is 1.17 bits per heavy atom. The molecule has 0 heterocycles. The van der Waals surface area contributed by atoms with Gasteiger partial charge in [-0.2, -0.15) is 0 Å². The van der Waals surface area contributed by atoms with Crippen LogP contribution in [0.25, 0.3) is 0 Å². The molecule has 154 valence electrons. The number of anilines is 1. The number of carbonyl (C=O) groups excluding carboxylic acids is 2. The van der Waals surface area contributed by atoms with E-state index in [-0.39, 0.29) is 23.7 Å². The van der Waals surface area contributed by atoms with Gasteiger partial charge in [-0.25, -0.2) is 4.79 Å². The zero-order chi connectivity index (χ0) is 21.6. The van der Waals surface area contributed by atoms with Crippen LogP contribution in [0.4, 0.5) is 11.4 Å². The van der Waals surface area contributed by atoms with Crippen LogP contribution < -0.4 is 14.8 Å². The molecule has 29 heavy (non-hydrogen) atoms. The maximum Gasteiger partial charge on any atom is 0.344 e. The van der Waals surface area contributed by atoms with Gasteiger partial charge in [0, 0.05) is 6.07 Å². The molecule has 0 unspecified atom stereocenters. The topological polar surface area (TPSA) is 117 Å². The first-order valence-corrected chi connectivity index (χ1v) is 8.74. The van der Waals surface area contributed by atoms with Gasteiger partial charge in [-0.15, -0.1) is 0 Å². The molecule has 0 saturated carbocycles. The SMILES string of the molecule is COc1cc([N+](=O)[O-])ccc1NC(=O)[C@H](C)OC(=O)COc1c(C)cccc1C. The van der Waals surface area contributed by atoms with Crippen molar-refractivity contribution in [3.8, 4) is 11.5 Å². The monoisotopic (exact) mass is 402 g/mol. The minimum Gasteiger partial charge on any atom is -0.494 e. The molecule has 2 aromatic carbocycles. The molecular weight excluding hydrogens is 380 g/mol. The molecule has 1 atom stereocenters. The molecule has 1 amide bonds. The smallest absolute Gasteiger partial charge is 0.344 e. The Balaban J connectivity index is 1.95. The zero-order valence-corrected chi connectivity index (χ0v) is 16.6. The number of hydrogen-bond acceptors (Lipinski definition) is 7. The first-order chi connectivity index (χ1) is 13.7. The molecule has 2 rings (SSSR count). The van der Waals surface area contributed by atoms with Crippen molar-refractivity contribution in [2.75, 3.05) is 19.0 Å². The van der Waals surface area contributed by atoms with Crippen LogP contribution in [0, 0.1) is 24.0 Å². The molecule has 2 aromatic rings. The molecule has 0 spiro atoms. The summed E-state index contributed by atoms with van der Waals surface area (Å²) < 4.78 is 15.7. The van der Waals surface area contributed by atoms with Crippen LogP contribution in [0.15, 0.2) is 36.4 Å². The second kappa shape index (κ2) is 9.54. The Labute approximate surface area is 167 Å². The van der Waals surface area contributed by atoms with E-state index >= 15 is 0 Å². The van der Waals surface area contributed by atoms with Crippen molar-refractivity contribution in [3.63, 3.8) is 0 Å². The third-order valence-electron chi connectivity index (χ3n) is 4.07. The Morgan fingerprint density at radius 2 is 1.83 bits per heavy atom. The van der Waals surface area contributed by atoms with Crippen LogP contribution in [0.5, 0.6) is 11.5 Å². The number of hydrogen-bond donors (Lipinski definition) is 1. The van der Waals surface area contributed by atoms with Gasteiger partial charge in [-0.1, -0.05) is 18.2 Å². The molecule has 0 saturated heterocycles. The first-order valence-electron chi connectivity index (χ1n) is 8.74. The Morgan fingerprint density at radius 3 is 2.41 bits per heavy atom. The van der Waals surface area contributed by atoms with Crippen molar-refractivity contribution in [3.05, 3.63) is 57.6 Å². The normalized spacial score (nSPS) is 11.3. The highest BCUT2D eigenvalue weighted by molar-refractivity contribution is 5.96. The van der Waals surface area contributed by atoms with Crippen molar-refractivity contribution in [2.45, 2.75) is 26.9 Å². The van der Waals surface area contributed by atoms with E-state index in [2.05, 4.69) is 5.32 Å². The van der Waals surface area contributed by atoms with Gasteiger partial charge in [0.05, 0.1) is 23.8 Å². The highest BCUT2D eigenvalue weighted by Gasteiger charge is 2.21. The third-order valence-corrected chi connectivity index (χ3v) is 4.07.